The summed E-state index contributed by atoms with van der Waals surface area (Å²) < 4.78 is 0. The number of nitrogens with one attached hydrogen (secondary N) is 2. The molecule has 4 nitrogen and oxygen atoms in total. The summed E-state index contributed by atoms with van der Waals surface area (Å²) in [7, 11) is 0. The van der Waals surface area contributed by atoms with E-state index < -0.39 is 0 Å². The molecule has 0 radical (unpaired) electrons. The van der Waals surface area contributed by atoms with Gasteiger partial charge in [0.1, 0.15) is 0 Å². The molecule has 0 saturated carbocycles. The fourth-order valence-corrected chi connectivity index (χ4v) is 2.29. The van der Waals surface area contributed by atoms with E-state index in [9.17, 15) is 0 Å². The minimum Gasteiger partial charge on any atom is -0.370 e. The van der Waals surface area contributed by atoms with Gasteiger partial charge in [0.2, 0.25) is 0 Å². The van der Waals surface area contributed by atoms with E-state index in [0.29, 0.717) is 18.5 Å². The van der Waals surface area contributed by atoms with Crippen molar-refractivity contribution in [3.8, 4) is 0 Å². The van der Waals surface area contributed by atoms with Crippen molar-refractivity contribution in [2.24, 2.45) is 10.7 Å². The fourth-order valence-electron chi connectivity index (χ4n) is 2.29. The summed E-state index contributed by atoms with van der Waals surface area (Å²) in [4.78, 5) is 7.65. The fraction of sp³-hybridized carbons (Fsp3) is 0.400. The van der Waals surface area contributed by atoms with Gasteiger partial charge in [-0.05, 0) is 44.4 Å². The van der Waals surface area contributed by atoms with Crippen LogP contribution in [0.3, 0.4) is 0 Å². The highest BCUT2D eigenvalue weighted by Gasteiger charge is 2.05. The molecule has 0 fully saturated rings. The topological polar surface area (TPSA) is 66.2 Å². The van der Waals surface area contributed by atoms with Crippen molar-refractivity contribution in [3.05, 3.63) is 35.5 Å². The Hall–Kier alpha value is -1.97. The van der Waals surface area contributed by atoms with Crippen LogP contribution in [0.5, 0.6) is 0 Å². The molecule has 4 N–H and O–H groups in total. The molecular formula is C15H22N4. The highest BCUT2D eigenvalue weighted by molar-refractivity contribution is 5.86. The average Bonchev–Trinajstić information content (AvgIpc) is 2.73. The van der Waals surface area contributed by atoms with Crippen LogP contribution in [0.4, 0.5) is 0 Å². The van der Waals surface area contributed by atoms with Crippen LogP contribution in [0.25, 0.3) is 10.9 Å². The normalized spacial score (nSPS) is 12.3. The zero-order chi connectivity index (χ0) is 13.8. The number of rotatable bonds is 4. The van der Waals surface area contributed by atoms with E-state index >= 15 is 0 Å². The molecule has 0 saturated heterocycles. The number of hydrogen-bond acceptors (Lipinski definition) is 1. The minimum absolute atomic E-state index is 0.319. The second-order valence-corrected chi connectivity index (χ2v) is 5.13. The third-order valence-corrected chi connectivity index (χ3v) is 3.10. The van der Waals surface area contributed by atoms with Gasteiger partial charge < -0.3 is 16.0 Å². The van der Waals surface area contributed by atoms with Gasteiger partial charge in [0, 0.05) is 29.7 Å². The molecule has 102 valence electrons. The number of benzene rings is 1. The maximum Gasteiger partial charge on any atom is 0.188 e. The van der Waals surface area contributed by atoms with Crippen molar-refractivity contribution in [2.75, 3.05) is 6.54 Å². The average molecular weight is 258 g/mol. The van der Waals surface area contributed by atoms with Gasteiger partial charge in [0.05, 0.1) is 0 Å². The Morgan fingerprint density at radius 1 is 1.42 bits per heavy atom. The lowest BCUT2D eigenvalue weighted by Gasteiger charge is -2.08. The molecule has 0 aliphatic carbocycles. The summed E-state index contributed by atoms with van der Waals surface area (Å²) in [6, 6.07) is 6.63. The third-order valence-electron chi connectivity index (χ3n) is 3.10. The molecule has 0 bridgehead atoms. The van der Waals surface area contributed by atoms with Crippen molar-refractivity contribution >= 4 is 16.9 Å². The van der Waals surface area contributed by atoms with Gasteiger partial charge in [0.15, 0.2) is 5.96 Å². The van der Waals surface area contributed by atoms with E-state index in [2.05, 4.69) is 46.6 Å². The molecule has 0 atom stereocenters. The number of nitrogens with two attached hydrogens (primary N) is 1. The standard InChI is InChI=1S/C15H22N4/c1-10(2)19-15(16)17-8-7-12-9-18-13-6-4-5-11(3)14(12)13/h4-6,9-10,18H,7-8H2,1-3H3,(H3,16,17,19). The summed E-state index contributed by atoms with van der Waals surface area (Å²) in [5.74, 6) is 0.520. The smallest absolute Gasteiger partial charge is 0.188 e. The highest BCUT2D eigenvalue weighted by Crippen LogP contribution is 2.22. The summed E-state index contributed by atoms with van der Waals surface area (Å²) in [6.07, 6.45) is 2.96. The van der Waals surface area contributed by atoms with Gasteiger partial charge in [-0.2, -0.15) is 0 Å². The maximum atomic E-state index is 5.79. The van der Waals surface area contributed by atoms with E-state index in [1.165, 1.54) is 22.0 Å². The predicted octanol–water partition coefficient (Wildman–Crippen LogP) is 2.33. The van der Waals surface area contributed by atoms with Gasteiger partial charge in [-0.3, -0.25) is 4.99 Å². The van der Waals surface area contributed by atoms with Crippen molar-refractivity contribution in [3.63, 3.8) is 0 Å². The van der Waals surface area contributed by atoms with Crippen LogP contribution in [0.1, 0.15) is 25.0 Å². The van der Waals surface area contributed by atoms with Gasteiger partial charge in [0.25, 0.3) is 0 Å². The maximum absolute atomic E-state index is 5.79. The van der Waals surface area contributed by atoms with Gasteiger partial charge in [-0.25, -0.2) is 0 Å². The van der Waals surface area contributed by atoms with E-state index in [4.69, 9.17) is 5.73 Å². The summed E-state index contributed by atoms with van der Waals surface area (Å²) >= 11 is 0. The molecule has 0 spiro atoms. The highest BCUT2D eigenvalue weighted by atomic mass is 15.1. The zero-order valence-electron chi connectivity index (χ0n) is 11.8. The summed E-state index contributed by atoms with van der Waals surface area (Å²) in [6.45, 7) is 6.93. The van der Waals surface area contributed by atoms with Gasteiger partial charge in [-0.1, -0.05) is 12.1 Å². The van der Waals surface area contributed by atoms with Crippen LogP contribution in [0, 0.1) is 6.92 Å². The molecule has 0 aliphatic rings. The molecule has 19 heavy (non-hydrogen) atoms. The quantitative estimate of drug-likeness (QED) is 0.582. The first-order valence-corrected chi connectivity index (χ1v) is 6.70. The van der Waals surface area contributed by atoms with E-state index in [-0.39, 0.29) is 0 Å². The molecule has 4 heteroatoms. The first-order valence-electron chi connectivity index (χ1n) is 6.70. The van der Waals surface area contributed by atoms with Crippen LogP contribution in [0.2, 0.25) is 0 Å². The number of fused-ring (bicyclic) bond motifs is 1. The predicted molar refractivity (Wildman–Crippen MR) is 81.5 cm³/mol. The lowest BCUT2D eigenvalue weighted by Crippen LogP contribution is -2.36. The molecular weight excluding hydrogens is 236 g/mol. The Kier molecular flexibility index (Phi) is 4.10. The van der Waals surface area contributed by atoms with Crippen LogP contribution in [-0.2, 0) is 6.42 Å². The molecule has 0 unspecified atom stereocenters. The van der Waals surface area contributed by atoms with E-state index in [1.54, 1.807) is 0 Å². The molecule has 2 aromatic rings. The van der Waals surface area contributed by atoms with Gasteiger partial charge in [-0.15, -0.1) is 0 Å². The SMILES string of the molecule is Cc1cccc2[nH]cc(CCN=C(N)NC(C)C)c12. The van der Waals surface area contributed by atoms with Crippen LogP contribution in [0.15, 0.2) is 29.4 Å². The molecule has 1 heterocycles. The molecule has 1 aromatic heterocycles. The molecule has 1 aromatic carbocycles. The van der Waals surface area contributed by atoms with Crippen LogP contribution < -0.4 is 11.1 Å². The van der Waals surface area contributed by atoms with Gasteiger partial charge >= 0.3 is 0 Å². The lowest BCUT2D eigenvalue weighted by atomic mass is 10.1. The number of guanidine groups is 1. The van der Waals surface area contributed by atoms with Crippen molar-refractivity contribution < 1.29 is 0 Å². The van der Waals surface area contributed by atoms with Crippen LogP contribution >= 0.6 is 0 Å². The minimum atomic E-state index is 0.319. The zero-order valence-corrected chi connectivity index (χ0v) is 11.8. The number of aliphatic imine (C=N–C) groups is 1. The van der Waals surface area contributed by atoms with Crippen LogP contribution in [-0.4, -0.2) is 23.5 Å². The number of nitrogens with zero attached hydrogens (tertiary/aromatic N) is 1. The molecule has 2 rings (SSSR count). The lowest BCUT2D eigenvalue weighted by molar-refractivity contribution is 0.723. The molecule has 0 amide bonds. The number of aryl methyl sites for hydroxylation is 1. The monoisotopic (exact) mass is 258 g/mol. The largest absolute Gasteiger partial charge is 0.370 e. The second-order valence-electron chi connectivity index (χ2n) is 5.13. The second kappa shape index (κ2) is 5.78. The van der Waals surface area contributed by atoms with E-state index in [0.717, 1.165) is 6.42 Å². The van der Waals surface area contributed by atoms with Crippen molar-refractivity contribution in [2.45, 2.75) is 33.2 Å². The first kappa shape index (κ1) is 13.5. The Balaban J connectivity index is 2.06. The Bertz CT molecular complexity index is 581. The number of hydrogen-bond donors (Lipinski definition) is 3. The van der Waals surface area contributed by atoms with Crippen molar-refractivity contribution in [1.82, 2.24) is 10.3 Å². The number of aromatic amines is 1. The Labute approximate surface area is 114 Å². The Morgan fingerprint density at radius 3 is 2.95 bits per heavy atom. The summed E-state index contributed by atoms with van der Waals surface area (Å²) in [5, 5.41) is 4.40. The van der Waals surface area contributed by atoms with Crippen molar-refractivity contribution in [1.29, 1.82) is 0 Å². The number of H-pyrrole nitrogens is 1. The first-order chi connectivity index (χ1) is 9.08. The Morgan fingerprint density at radius 2 is 2.21 bits per heavy atom. The number of aromatic nitrogens is 1. The molecule has 0 aliphatic heterocycles. The third kappa shape index (κ3) is 3.28. The summed E-state index contributed by atoms with van der Waals surface area (Å²) in [5.41, 5.74) is 9.57. The van der Waals surface area contributed by atoms with E-state index in [1.807, 2.05) is 13.8 Å².